The Bertz CT molecular complexity index is 637. The molecule has 0 aliphatic heterocycles. The van der Waals surface area contributed by atoms with Gasteiger partial charge in [0.25, 0.3) is 14.4 Å². The van der Waals surface area contributed by atoms with Gasteiger partial charge >= 0.3 is 0 Å². The summed E-state index contributed by atoms with van der Waals surface area (Å²) in [5.41, 5.74) is 6.04. The summed E-state index contributed by atoms with van der Waals surface area (Å²) >= 11 is 0.795. The summed E-state index contributed by atoms with van der Waals surface area (Å²) in [7, 11) is -3.76. The zero-order chi connectivity index (χ0) is 12.5. The molecule has 17 heavy (non-hydrogen) atoms. The molecule has 0 unspecified atom stereocenters. The lowest BCUT2D eigenvalue weighted by molar-refractivity contribution is 0.599. The number of pyridine rings is 1. The molecule has 0 spiro atoms. The van der Waals surface area contributed by atoms with Gasteiger partial charge in [0, 0.05) is 5.69 Å². The first-order valence-electron chi connectivity index (χ1n) is 4.53. The molecule has 0 atom stereocenters. The second-order valence-corrected chi connectivity index (χ2v) is 6.04. The fourth-order valence-electron chi connectivity index (χ4n) is 1.11. The Morgan fingerprint density at radius 2 is 2.12 bits per heavy atom. The molecule has 0 aliphatic carbocycles. The molecule has 2 heterocycles. The van der Waals surface area contributed by atoms with Gasteiger partial charge in [-0.05, 0) is 19.1 Å². The number of nitrogens with one attached hydrogen (secondary N) is 1. The first-order chi connectivity index (χ1) is 7.97. The van der Waals surface area contributed by atoms with E-state index in [9.17, 15) is 8.42 Å². The van der Waals surface area contributed by atoms with Gasteiger partial charge in [-0.3, -0.25) is 4.72 Å². The smallest absolute Gasteiger partial charge is 0.292 e. The summed E-state index contributed by atoms with van der Waals surface area (Å²) < 4.78 is 25.8. The zero-order valence-corrected chi connectivity index (χ0v) is 10.4. The normalized spacial score (nSPS) is 11.4. The lowest BCUT2D eigenvalue weighted by atomic mass is 10.4. The average molecular weight is 271 g/mol. The largest absolute Gasteiger partial charge is 0.374 e. The topological polar surface area (TPSA) is 111 Å². The van der Waals surface area contributed by atoms with Crippen molar-refractivity contribution in [3.63, 3.8) is 0 Å². The Kier molecular flexibility index (Phi) is 2.94. The van der Waals surface area contributed by atoms with Crippen LogP contribution in [0.4, 0.5) is 10.9 Å². The molecule has 2 rings (SSSR count). The van der Waals surface area contributed by atoms with Crippen LogP contribution < -0.4 is 10.5 Å². The van der Waals surface area contributed by atoms with Gasteiger partial charge in [-0.15, -0.1) is 10.2 Å². The predicted molar refractivity (Wildman–Crippen MR) is 64.1 cm³/mol. The molecule has 0 radical (unpaired) electrons. The number of sulfonamides is 1. The lowest BCUT2D eigenvalue weighted by Gasteiger charge is -2.04. The number of aromatic nitrogens is 3. The van der Waals surface area contributed by atoms with Crippen molar-refractivity contribution in [3.8, 4) is 0 Å². The molecular weight excluding hydrogens is 262 g/mol. The minimum Gasteiger partial charge on any atom is -0.374 e. The molecule has 9 heteroatoms. The molecular formula is C8H9N5O2S2. The predicted octanol–water partition coefficient (Wildman–Crippen LogP) is 0.625. The third-order valence-corrected chi connectivity index (χ3v) is 4.25. The van der Waals surface area contributed by atoms with Crippen molar-refractivity contribution in [1.29, 1.82) is 0 Å². The van der Waals surface area contributed by atoms with Gasteiger partial charge in [-0.2, -0.15) is 8.42 Å². The van der Waals surface area contributed by atoms with Gasteiger partial charge in [0.15, 0.2) is 0 Å². The van der Waals surface area contributed by atoms with Crippen LogP contribution >= 0.6 is 11.3 Å². The summed E-state index contributed by atoms with van der Waals surface area (Å²) in [4.78, 5) is 4.03. The Hall–Kier alpha value is -1.74. The molecule has 0 bridgehead atoms. The summed E-state index contributed by atoms with van der Waals surface area (Å²) in [6.07, 6.45) is 0. The van der Waals surface area contributed by atoms with Gasteiger partial charge in [0.05, 0.1) is 0 Å². The van der Waals surface area contributed by atoms with E-state index in [0.717, 1.165) is 11.3 Å². The van der Waals surface area contributed by atoms with Crippen molar-refractivity contribution < 1.29 is 8.42 Å². The van der Waals surface area contributed by atoms with Gasteiger partial charge < -0.3 is 5.73 Å². The van der Waals surface area contributed by atoms with Crippen LogP contribution in [0.5, 0.6) is 0 Å². The number of aryl methyl sites for hydroxylation is 1. The summed E-state index contributed by atoms with van der Waals surface area (Å²) in [5.74, 6) is 0.235. The molecule has 90 valence electrons. The van der Waals surface area contributed by atoms with E-state index in [-0.39, 0.29) is 15.3 Å². The standard InChI is InChI=1S/C8H9N5O2S2/c1-5-3-2-4-6(10-5)13-17(14,15)8-12-11-7(9)16-8/h2-4H,1H3,(H2,9,11)(H,10,13). The van der Waals surface area contributed by atoms with Gasteiger partial charge in [-0.25, -0.2) is 4.98 Å². The number of rotatable bonds is 3. The van der Waals surface area contributed by atoms with Crippen molar-refractivity contribution in [2.45, 2.75) is 11.3 Å². The van der Waals surface area contributed by atoms with Crippen LogP contribution in [0.15, 0.2) is 22.5 Å². The number of anilines is 2. The number of hydrogen-bond donors (Lipinski definition) is 2. The number of nitrogen functional groups attached to an aromatic ring is 1. The average Bonchev–Trinajstić information content (AvgIpc) is 2.65. The zero-order valence-electron chi connectivity index (χ0n) is 8.78. The minimum atomic E-state index is -3.76. The third kappa shape index (κ3) is 2.68. The van der Waals surface area contributed by atoms with E-state index in [1.165, 1.54) is 0 Å². The molecule has 0 saturated heterocycles. The molecule has 0 fully saturated rings. The van der Waals surface area contributed by atoms with Crippen molar-refractivity contribution in [2.75, 3.05) is 10.5 Å². The monoisotopic (exact) mass is 271 g/mol. The summed E-state index contributed by atoms with van der Waals surface area (Å²) in [6.45, 7) is 1.76. The molecule has 0 aliphatic rings. The van der Waals surface area contributed by atoms with Crippen molar-refractivity contribution in [1.82, 2.24) is 15.2 Å². The minimum absolute atomic E-state index is 0.0996. The second-order valence-electron chi connectivity index (χ2n) is 3.18. The highest BCUT2D eigenvalue weighted by atomic mass is 32.2. The van der Waals surface area contributed by atoms with Crippen molar-refractivity contribution in [3.05, 3.63) is 23.9 Å². The van der Waals surface area contributed by atoms with E-state index in [2.05, 4.69) is 19.9 Å². The van der Waals surface area contributed by atoms with E-state index in [0.29, 0.717) is 5.69 Å². The van der Waals surface area contributed by atoms with Crippen molar-refractivity contribution in [2.24, 2.45) is 0 Å². The summed E-state index contributed by atoms with van der Waals surface area (Å²) in [6, 6.07) is 5.02. The molecule has 0 amide bonds. The van der Waals surface area contributed by atoms with Crippen LogP contribution in [0.2, 0.25) is 0 Å². The van der Waals surface area contributed by atoms with Gasteiger partial charge in [-0.1, -0.05) is 17.4 Å². The fourth-order valence-corrected chi connectivity index (χ4v) is 2.90. The maximum atomic E-state index is 11.8. The number of hydrogen-bond acceptors (Lipinski definition) is 7. The Balaban J connectivity index is 2.29. The highest BCUT2D eigenvalue weighted by Crippen LogP contribution is 2.19. The number of nitrogens with two attached hydrogens (primary N) is 1. The Labute approximate surface area is 102 Å². The van der Waals surface area contributed by atoms with E-state index in [1.54, 1.807) is 25.1 Å². The quantitative estimate of drug-likeness (QED) is 0.846. The molecule has 7 nitrogen and oxygen atoms in total. The lowest BCUT2D eigenvalue weighted by Crippen LogP contribution is -2.13. The molecule has 0 saturated carbocycles. The van der Waals surface area contributed by atoms with Crippen LogP contribution in [-0.4, -0.2) is 23.6 Å². The molecule has 2 aromatic rings. The highest BCUT2D eigenvalue weighted by Gasteiger charge is 2.20. The molecule has 0 aromatic carbocycles. The van der Waals surface area contributed by atoms with Gasteiger partial charge in [0.1, 0.15) is 5.82 Å². The Morgan fingerprint density at radius 3 is 2.71 bits per heavy atom. The molecule has 2 aromatic heterocycles. The first-order valence-corrected chi connectivity index (χ1v) is 6.83. The molecule has 3 N–H and O–H groups in total. The number of nitrogens with zero attached hydrogens (tertiary/aromatic N) is 3. The van der Waals surface area contributed by atoms with E-state index in [1.807, 2.05) is 0 Å². The first kappa shape index (κ1) is 11.7. The van der Waals surface area contributed by atoms with E-state index in [4.69, 9.17) is 5.73 Å². The fraction of sp³-hybridized carbons (Fsp3) is 0.125. The van der Waals surface area contributed by atoms with E-state index >= 15 is 0 Å². The second kappa shape index (κ2) is 4.26. The van der Waals surface area contributed by atoms with Crippen LogP contribution in [-0.2, 0) is 10.0 Å². The van der Waals surface area contributed by atoms with Crippen LogP contribution in [0, 0.1) is 6.92 Å². The maximum Gasteiger partial charge on any atom is 0.292 e. The van der Waals surface area contributed by atoms with Crippen LogP contribution in [0.3, 0.4) is 0 Å². The van der Waals surface area contributed by atoms with Crippen molar-refractivity contribution >= 4 is 32.3 Å². The van der Waals surface area contributed by atoms with Gasteiger partial charge in [0.2, 0.25) is 5.13 Å². The SMILES string of the molecule is Cc1cccc(NS(=O)(=O)c2nnc(N)s2)n1. The van der Waals surface area contributed by atoms with Crippen LogP contribution in [0.1, 0.15) is 5.69 Å². The maximum absolute atomic E-state index is 11.8. The van der Waals surface area contributed by atoms with E-state index < -0.39 is 10.0 Å². The highest BCUT2D eigenvalue weighted by molar-refractivity contribution is 7.94. The Morgan fingerprint density at radius 1 is 1.35 bits per heavy atom. The summed E-state index contributed by atoms with van der Waals surface area (Å²) in [5, 5.41) is 7.02. The van der Waals surface area contributed by atoms with Crippen LogP contribution in [0.25, 0.3) is 0 Å². The third-order valence-electron chi connectivity index (χ3n) is 1.78.